The van der Waals surface area contributed by atoms with E-state index in [2.05, 4.69) is 0 Å². The molecule has 1 amide bonds. The molecular formula is C15H13NO2S. The van der Waals surface area contributed by atoms with Crippen molar-refractivity contribution in [1.82, 2.24) is 0 Å². The molecule has 1 N–H and O–H groups in total. The van der Waals surface area contributed by atoms with Crippen LogP contribution in [0.25, 0.3) is 0 Å². The van der Waals surface area contributed by atoms with Crippen LogP contribution in [0.3, 0.4) is 0 Å². The Balaban J connectivity index is 2.25. The van der Waals surface area contributed by atoms with Crippen molar-refractivity contribution < 1.29 is 9.90 Å². The number of nitrogens with zero attached hydrogens (tertiary/aromatic N) is 1. The maximum absolute atomic E-state index is 11.6. The number of amides is 1. The van der Waals surface area contributed by atoms with Crippen LogP contribution in [0.2, 0.25) is 0 Å². The third kappa shape index (κ3) is 1.98. The van der Waals surface area contributed by atoms with E-state index in [1.165, 1.54) is 4.90 Å². The molecule has 1 aliphatic heterocycles. The van der Waals surface area contributed by atoms with Crippen molar-refractivity contribution >= 4 is 29.2 Å². The van der Waals surface area contributed by atoms with Crippen LogP contribution < -0.4 is 4.90 Å². The van der Waals surface area contributed by atoms with Crippen molar-refractivity contribution in [2.24, 2.45) is 0 Å². The summed E-state index contributed by atoms with van der Waals surface area (Å²) < 4.78 is 0. The summed E-state index contributed by atoms with van der Waals surface area (Å²) in [7, 11) is 0. The molecule has 0 atom stereocenters. The van der Waals surface area contributed by atoms with Gasteiger partial charge in [-0.05, 0) is 49.2 Å². The Hall–Kier alpha value is -1.94. The molecule has 0 saturated carbocycles. The summed E-state index contributed by atoms with van der Waals surface area (Å²) in [6.07, 6.45) is -0.945. The van der Waals surface area contributed by atoms with Crippen LogP contribution >= 0.6 is 11.8 Å². The van der Waals surface area contributed by atoms with Crippen LogP contribution in [0.5, 0.6) is 0 Å². The second kappa shape index (κ2) is 4.31. The fourth-order valence-corrected chi connectivity index (χ4v) is 3.25. The third-order valence-corrected chi connectivity index (χ3v) is 4.25. The van der Waals surface area contributed by atoms with Crippen molar-refractivity contribution in [3.63, 3.8) is 0 Å². The molecule has 2 aromatic rings. The summed E-state index contributed by atoms with van der Waals surface area (Å²) in [5.41, 5.74) is 3.61. The van der Waals surface area contributed by atoms with E-state index < -0.39 is 6.09 Å². The predicted octanol–water partition coefficient (Wildman–Crippen LogP) is 4.58. The summed E-state index contributed by atoms with van der Waals surface area (Å²) in [5.74, 6) is 0. The predicted molar refractivity (Wildman–Crippen MR) is 76.6 cm³/mol. The Bertz CT molecular complexity index is 630. The van der Waals surface area contributed by atoms with Gasteiger partial charge < -0.3 is 5.11 Å². The summed E-state index contributed by atoms with van der Waals surface area (Å²) in [6, 6.07) is 11.8. The van der Waals surface area contributed by atoms with E-state index in [1.54, 1.807) is 11.8 Å². The Morgan fingerprint density at radius 3 is 1.89 bits per heavy atom. The zero-order valence-corrected chi connectivity index (χ0v) is 11.5. The molecule has 19 heavy (non-hydrogen) atoms. The molecule has 4 heteroatoms. The Kier molecular flexibility index (Phi) is 2.75. The number of carbonyl (C=O) groups is 1. The molecular weight excluding hydrogens is 258 g/mol. The number of carboxylic acid groups (broad SMARTS) is 1. The van der Waals surface area contributed by atoms with Gasteiger partial charge in [-0.2, -0.15) is 0 Å². The normalized spacial score (nSPS) is 12.8. The maximum Gasteiger partial charge on any atom is 0.416 e. The smallest absolute Gasteiger partial charge is 0.416 e. The third-order valence-electron chi connectivity index (χ3n) is 3.12. The van der Waals surface area contributed by atoms with Crippen LogP contribution in [0, 0.1) is 13.8 Å². The largest absolute Gasteiger partial charge is 0.464 e. The Morgan fingerprint density at radius 1 is 1.00 bits per heavy atom. The number of aryl methyl sites for hydroxylation is 2. The lowest BCUT2D eigenvalue weighted by molar-refractivity contribution is 0.204. The van der Waals surface area contributed by atoms with Crippen molar-refractivity contribution in [2.75, 3.05) is 4.90 Å². The van der Waals surface area contributed by atoms with E-state index in [1.807, 2.05) is 50.2 Å². The summed E-state index contributed by atoms with van der Waals surface area (Å²) >= 11 is 1.62. The lowest BCUT2D eigenvalue weighted by Crippen LogP contribution is -2.26. The molecule has 1 aliphatic rings. The highest BCUT2D eigenvalue weighted by atomic mass is 32.2. The number of fused-ring (bicyclic) bond motifs is 2. The van der Waals surface area contributed by atoms with Gasteiger partial charge in [-0.1, -0.05) is 23.9 Å². The van der Waals surface area contributed by atoms with Crippen LogP contribution in [0.1, 0.15) is 11.1 Å². The van der Waals surface area contributed by atoms with Gasteiger partial charge in [-0.25, -0.2) is 9.69 Å². The SMILES string of the molecule is Cc1ccc2c(c1)N(C(=O)O)c1cc(C)ccc1S2. The zero-order valence-electron chi connectivity index (χ0n) is 10.7. The average molecular weight is 271 g/mol. The Labute approximate surface area is 115 Å². The first-order chi connectivity index (χ1) is 9.06. The molecule has 0 spiro atoms. The van der Waals surface area contributed by atoms with E-state index in [-0.39, 0.29) is 0 Å². The first kappa shape index (κ1) is 12.1. The van der Waals surface area contributed by atoms with Crippen molar-refractivity contribution in [3.05, 3.63) is 47.5 Å². The van der Waals surface area contributed by atoms with E-state index in [0.29, 0.717) is 0 Å². The monoisotopic (exact) mass is 271 g/mol. The molecule has 0 aliphatic carbocycles. The lowest BCUT2D eigenvalue weighted by Gasteiger charge is -2.29. The van der Waals surface area contributed by atoms with Gasteiger partial charge in [0.25, 0.3) is 0 Å². The van der Waals surface area contributed by atoms with Gasteiger partial charge in [0.1, 0.15) is 0 Å². The van der Waals surface area contributed by atoms with Gasteiger partial charge >= 0.3 is 6.09 Å². The van der Waals surface area contributed by atoms with Crippen LogP contribution in [-0.2, 0) is 0 Å². The van der Waals surface area contributed by atoms with Crippen molar-refractivity contribution in [2.45, 2.75) is 23.6 Å². The zero-order chi connectivity index (χ0) is 13.6. The molecule has 0 unspecified atom stereocenters. The van der Waals surface area contributed by atoms with Gasteiger partial charge in [0.05, 0.1) is 11.4 Å². The van der Waals surface area contributed by atoms with Gasteiger partial charge in [0, 0.05) is 9.79 Å². The molecule has 0 aromatic heterocycles. The number of hydrogen-bond donors (Lipinski definition) is 1. The minimum Gasteiger partial charge on any atom is -0.464 e. The molecule has 0 fully saturated rings. The number of hydrogen-bond acceptors (Lipinski definition) is 2. The maximum atomic E-state index is 11.6. The highest BCUT2D eigenvalue weighted by molar-refractivity contribution is 7.99. The number of benzene rings is 2. The first-order valence-electron chi connectivity index (χ1n) is 5.98. The molecule has 3 rings (SSSR count). The highest BCUT2D eigenvalue weighted by Gasteiger charge is 2.28. The summed E-state index contributed by atoms with van der Waals surface area (Å²) in [4.78, 5) is 14.9. The quantitative estimate of drug-likeness (QED) is 0.762. The fourth-order valence-electron chi connectivity index (χ4n) is 2.23. The molecule has 0 radical (unpaired) electrons. The first-order valence-corrected chi connectivity index (χ1v) is 6.80. The van der Waals surface area contributed by atoms with Gasteiger partial charge in [-0.3, -0.25) is 0 Å². The van der Waals surface area contributed by atoms with E-state index in [4.69, 9.17) is 0 Å². The molecule has 1 heterocycles. The van der Waals surface area contributed by atoms with E-state index in [0.717, 1.165) is 32.3 Å². The minimum absolute atomic E-state index is 0.746. The fraction of sp³-hybridized carbons (Fsp3) is 0.133. The highest BCUT2D eigenvalue weighted by Crippen LogP contribution is 2.48. The molecule has 0 saturated heterocycles. The van der Waals surface area contributed by atoms with E-state index >= 15 is 0 Å². The van der Waals surface area contributed by atoms with Gasteiger partial charge in [-0.15, -0.1) is 0 Å². The number of rotatable bonds is 0. The minimum atomic E-state index is -0.945. The standard InChI is InChI=1S/C15H13NO2S/c1-9-3-5-13-11(7-9)16(15(17)18)12-8-10(2)4-6-14(12)19-13/h3-8H,1-2H3,(H,17,18). The average Bonchev–Trinajstić information content (AvgIpc) is 2.35. The van der Waals surface area contributed by atoms with Crippen molar-refractivity contribution in [1.29, 1.82) is 0 Å². The van der Waals surface area contributed by atoms with Crippen LogP contribution in [-0.4, -0.2) is 11.2 Å². The Morgan fingerprint density at radius 2 is 1.47 bits per heavy atom. The van der Waals surface area contributed by atoms with Crippen LogP contribution in [0.4, 0.5) is 16.2 Å². The molecule has 3 nitrogen and oxygen atoms in total. The molecule has 96 valence electrons. The van der Waals surface area contributed by atoms with Gasteiger partial charge in [0.2, 0.25) is 0 Å². The summed E-state index contributed by atoms with van der Waals surface area (Å²) in [5, 5.41) is 9.53. The topological polar surface area (TPSA) is 40.5 Å². The van der Waals surface area contributed by atoms with E-state index in [9.17, 15) is 9.90 Å². The van der Waals surface area contributed by atoms with Gasteiger partial charge in [0.15, 0.2) is 0 Å². The lowest BCUT2D eigenvalue weighted by atomic mass is 10.1. The molecule has 0 bridgehead atoms. The second-order valence-corrected chi connectivity index (χ2v) is 5.75. The van der Waals surface area contributed by atoms with Crippen LogP contribution in [0.15, 0.2) is 46.2 Å². The molecule has 2 aromatic carbocycles. The van der Waals surface area contributed by atoms with Crippen molar-refractivity contribution in [3.8, 4) is 0 Å². The summed E-state index contributed by atoms with van der Waals surface area (Å²) in [6.45, 7) is 3.94. The second-order valence-electron chi connectivity index (χ2n) is 4.66. The number of anilines is 2.